The van der Waals surface area contributed by atoms with Gasteiger partial charge in [0.25, 0.3) is 5.91 Å². The van der Waals surface area contributed by atoms with Crippen molar-refractivity contribution in [3.8, 4) is 0 Å². The molecule has 11 nitrogen and oxygen atoms in total. The minimum Gasteiger partial charge on any atom is -0.478 e. The van der Waals surface area contributed by atoms with Crippen molar-refractivity contribution in [1.29, 1.82) is 0 Å². The molecule has 1 saturated heterocycles. The Labute approximate surface area is 187 Å². The van der Waals surface area contributed by atoms with Crippen molar-refractivity contribution in [2.24, 2.45) is 5.92 Å². The molecule has 2 fully saturated rings. The topological polar surface area (TPSA) is 159 Å². The van der Waals surface area contributed by atoms with Crippen molar-refractivity contribution >= 4 is 29.2 Å². The lowest BCUT2D eigenvalue weighted by atomic mass is 9.84. The Kier molecular flexibility index (Phi) is 8.63. The van der Waals surface area contributed by atoms with Gasteiger partial charge in [0.05, 0.1) is 17.6 Å². The van der Waals surface area contributed by atoms with Gasteiger partial charge in [0.1, 0.15) is 11.6 Å². The molecule has 2 aliphatic rings. The maximum Gasteiger partial charge on any atom is 0.343 e. The third-order valence-electron chi connectivity index (χ3n) is 5.94. The normalized spacial score (nSPS) is 22.2. The average Bonchev–Trinajstić information content (AvgIpc) is 2.80. The number of hydrogen-bond acceptors (Lipinski definition) is 9. The highest BCUT2D eigenvalue weighted by atomic mass is 16.7. The van der Waals surface area contributed by atoms with Crippen molar-refractivity contribution < 1.29 is 24.3 Å². The first-order valence-corrected chi connectivity index (χ1v) is 11.2. The molecular formula is C21H32N6O5. The summed E-state index contributed by atoms with van der Waals surface area (Å²) in [6, 6.07) is -0.753. The van der Waals surface area contributed by atoms with Crippen molar-refractivity contribution in [1.82, 2.24) is 21.0 Å². The Morgan fingerprint density at radius 2 is 1.84 bits per heavy atom. The van der Waals surface area contributed by atoms with Gasteiger partial charge in [0.15, 0.2) is 0 Å². The number of carbonyl (C=O) groups is 3. The Bertz CT molecular complexity index is 814. The van der Waals surface area contributed by atoms with Crippen LogP contribution in [0.2, 0.25) is 0 Å². The summed E-state index contributed by atoms with van der Waals surface area (Å²) < 4.78 is 0. The molecule has 0 unspecified atom stereocenters. The molecule has 6 N–H and O–H groups in total. The molecule has 0 radical (unpaired) electrons. The average molecular weight is 449 g/mol. The number of carboxylic acid groups (broad SMARTS) is 1. The van der Waals surface area contributed by atoms with E-state index < -0.39 is 18.0 Å². The van der Waals surface area contributed by atoms with Crippen LogP contribution in [0.15, 0.2) is 12.4 Å². The number of hydrazine groups is 2. The van der Waals surface area contributed by atoms with Gasteiger partial charge in [0, 0.05) is 19.2 Å². The van der Waals surface area contributed by atoms with E-state index in [2.05, 4.69) is 21.3 Å². The first-order chi connectivity index (χ1) is 15.5. The summed E-state index contributed by atoms with van der Waals surface area (Å²) in [4.78, 5) is 46.6. The standard InChI is InChI=1S/C21H32N6O5/c22-18-15(20(29)30)12-23-13-16(18)25-27-17(28)10-6-1-2-7-11-24-32-21(31)19(26-27)14-8-4-3-5-9-14/h12-14,19,24-26H,1-11H2,(H2,22,23)(H,29,30)/t19-/m0/s1. The summed E-state index contributed by atoms with van der Waals surface area (Å²) >= 11 is 0. The summed E-state index contributed by atoms with van der Waals surface area (Å²) in [5, 5.41) is 10.5. The van der Waals surface area contributed by atoms with Gasteiger partial charge in [-0.3, -0.25) is 15.2 Å². The molecule has 1 aromatic rings. The zero-order valence-corrected chi connectivity index (χ0v) is 18.1. The monoisotopic (exact) mass is 448 g/mol. The highest BCUT2D eigenvalue weighted by Crippen LogP contribution is 2.28. The number of carbonyl (C=O) groups excluding carboxylic acids is 2. The van der Waals surface area contributed by atoms with Crippen molar-refractivity contribution in [2.45, 2.75) is 70.3 Å². The van der Waals surface area contributed by atoms with E-state index in [-0.39, 0.29) is 35.2 Å². The smallest absolute Gasteiger partial charge is 0.343 e. The second-order valence-corrected chi connectivity index (χ2v) is 8.28. The van der Waals surface area contributed by atoms with Crippen molar-refractivity contribution in [3.63, 3.8) is 0 Å². The van der Waals surface area contributed by atoms with E-state index in [9.17, 15) is 19.5 Å². The summed E-state index contributed by atoms with van der Waals surface area (Å²) in [5.41, 5.74) is 14.5. The van der Waals surface area contributed by atoms with E-state index in [4.69, 9.17) is 10.6 Å². The summed E-state index contributed by atoms with van der Waals surface area (Å²) in [6.07, 6.45) is 10.8. The number of anilines is 2. The van der Waals surface area contributed by atoms with E-state index >= 15 is 0 Å². The maximum atomic E-state index is 13.0. The molecule has 1 amide bonds. The van der Waals surface area contributed by atoms with Gasteiger partial charge in [-0.05, 0) is 31.6 Å². The first kappa shape index (κ1) is 23.7. The fraction of sp³-hybridized carbons (Fsp3) is 0.619. The number of aromatic carboxylic acids is 1. The lowest BCUT2D eigenvalue weighted by Crippen LogP contribution is -2.57. The number of rotatable bonds is 4. The fourth-order valence-corrected chi connectivity index (χ4v) is 4.10. The van der Waals surface area contributed by atoms with Crippen molar-refractivity contribution in [3.05, 3.63) is 18.0 Å². The van der Waals surface area contributed by atoms with E-state index in [0.717, 1.165) is 62.7 Å². The summed E-state index contributed by atoms with van der Waals surface area (Å²) in [6.45, 7) is 0.559. The van der Waals surface area contributed by atoms with Gasteiger partial charge in [-0.2, -0.15) is 16.0 Å². The van der Waals surface area contributed by atoms with E-state index in [1.807, 2.05) is 0 Å². The van der Waals surface area contributed by atoms with Gasteiger partial charge < -0.3 is 15.7 Å². The quantitative estimate of drug-likeness (QED) is 0.461. The molecule has 1 atom stereocenters. The van der Waals surface area contributed by atoms with Crippen LogP contribution in [0.1, 0.15) is 74.6 Å². The predicted octanol–water partition coefficient (Wildman–Crippen LogP) is 1.98. The molecule has 32 heavy (non-hydrogen) atoms. The van der Waals surface area contributed by atoms with Crippen LogP contribution in [0.25, 0.3) is 0 Å². The lowest BCUT2D eigenvalue weighted by Gasteiger charge is -2.34. The number of nitrogens with one attached hydrogen (secondary N) is 3. The number of pyridine rings is 1. The van der Waals surface area contributed by atoms with Crippen molar-refractivity contribution in [2.75, 3.05) is 17.7 Å². The fourth-order valence-electron chi connectivity index (χ4n) is 4.10. The molecule has 1 aliphatic heterocycles. The number of hydrogen-bond donors (Lipinski definition) is 5. The molecule has 176 valence electrons. The molecule has 3 rings (SSSR count). The summed E-state index contributed by atoms with van der Waals surface area (Å²) in [7, 11) is 0. The number of aromatic nitrogens is 1. The molecule has 2 heterocycles. The van der Waals surface area contributed by atoms with Crippen LogP contribution in [0.3, 0.4) is 0 Å². The number of nitrogens with two attached hydrogens (primary N) is 1. The van der Waals surface area contributed by atoms with Gasteiger partial charge in [-0.1, -0.05) is 32.1 Å². The number of nitrogen functional groups attached to an aromatic ring is 1. The largest absolute Gasteiger partial charge is 0.478 e. The second kappa shape index (κ2) is 11.6. The van der Waals surface area contributed by atoms with Crippen LogP contribution in [-0.4, -0.2) is 45.6 Å². The Morgan fingerprint density at radius 3 is 2.59 bits per heavy atom. The number of hydroxylamine groups is 1. The summed E-state index contributed by atoms with van der Waals surface area (Å²) in [5.74, 6) is -1.99. The zero-order chi connectivity index (χ0) is 22.9. The van der Waals surface area contributed by atoms with Crippen LogP contribution in [0, 0.1) is 5.92 Å². The number of amides is 1. The maximum absolute atomic E-state index is 13.0. The third kappa shape index (κ3) is 6.30. The molecule has 11 heteroatoms. The molecular weight excluding hydrogens is 416 g/mol. The Hall–Kier alpha value is -2.92. The molecule has 1 aliphatic carbocycles. The van der Waals surface area contributed by atoms with Gasteiger partial charge in [0.2, 0.25) is 0 Å². The number of nitrogens with zero attached hydrogens (tertiary/aromatic N) is 2. The van der Waals surface area contributed by atoms with Crippen LogP contribution in [0.5, 0.6) is 0 Å². The third-order valence-corrected chi connectivity index (χ3v) is 5.94. The van der Waals surface area contributed by atoms with Gasteiger partial charge in [-0.25, -0.2) is 9.59 Å². The van der Waals surface area contributed by atoms with E-state index in [0.29, 0.717) is 13.0 Å². The highest BCUT2D eigenvalue weighted by molar-refractivity contribution is 5.96. The minimum atomic E-state index is -1.22. The minimum absolute atomic E-state index is 0.00102. The molecule has 0 bridgehead atoms. The molecule has 0 aromatic carbocycles. The van der Waals surface area contributed by atoms with Gasteiger partial charge >= 0.3 is 11.9 Å². The van der Waals surface area contributed by atoms with E-state index in [1.165, 1.54) is 6.20 Å². The van der Waals surface area contributed by atoms with Crippen LogP contribution in [0.4, 0.5) is 11.4 Å². The first-order valence-electron chi connectivity index (χ1n) is 11.2. The van der Waals surface area contributed by atoms with Crippen LogP contribution >= 0.6 is 0 Å². The Balaban J connectivity index is 1.87. The van der Waals surface area contributed by atoms with Crippen LogP contribution in [-0.2, 0) is 14.4 Å². The highest BCUT2D eigenvalue weighted by Gasteiger charge is 2.34. The molecule has 1 saturated carbocycles. The zero-order valence-electron chi connectivity index (χ0n) is 18.1. The molecule has 0 spiro atoms. The SMILES string of the molecule is Nc1c(NN2N[C@@H](C3CCCCC3)C(=O)ONCCCCCCC2=O)cncc1C(=O)O. The van der Waals surface area contributed by atoms with Gasteiger partial charge in [-0.15, -0.1) is 0 Å². The Morgan fingerprint density at radius 1 is 1.12 bits per heavy atom. The second-order valence-electron chi connectivity index (χ2n) is 8.28. The van der Waals surface area contributed by atoms with Crippen LogP contribution < -0.4 is 22.1 Å². The lowest BCUT2D eigenvalue weighted by molar-refractivity contribution is -0.158. The van der Waals surface area contributed by atoms with E-state index in [1.54, 1.807) is 0 Å². The predicted molar refractivity (Wildman–Crippen MR) is 117 cm³/mol. The molecule has 1 aromatic heterocycles. The number of carboxylic acids is 1.